The van der Waals surface area contributed by atoms with Crippen LogP contribution in [0.5, 0.6) is 5.75 Å². The first-order valence-corrected chi connectivity index (χ1v) is 12.6. The molecule has 3 aromatic rings. The van der Waals surface area contributed by atoms with Crippen molar-refractivity contribution in [2.75, 3.05) is 44.8 Å². The standard InChI is InChI=1S/C28H32N4O4/c1-2-26(33)20-6-3-8-22(16-20)29-28-24-18-35-19-25(24)30-27(31-28)21-7-4-9-23(17-21)36-13-5-10-32-11-14-34-15-12-32/h3-4,6-9,16-17H,2,5,10-15,18-19H2,1H3,(H,29,30,31). The zero-order chi connectivity index (χ0) is 24.7. The third-order valence-electron chi connectivity index (χ3n) is 6.43. The number of rotatable bonds is 10. The molecule has 0 saturated carbocycles. The second kappa shape index (κ2) is 11.6. The van der Waals surface area contributed by atoms with Crippen LogP contribution in [0.25, 0.3) is 11.4 Å². The lowest BCUT2D eigenvalue weighted by Gasteiger charge is -2.26. The smallest absolute Gasteiger partial charge is 0.162 e. The molecule has 0 aliphatic carbocycles. The summed E-state index contributed by atoms with van der Waals surface area (Å²) < 4.78 is 17.1. The molecule has 0 amide bonds. The van der Waals surface area contributed by atoms with E-state index in [1.165, 1.54) is 0 Å². The van der Waals surface area contributed by atoms with Crippen molar-refractivity contribution in [2.24, 2.45) is 0 Å². The maximum atomic E-state index is 12.2. The van der Waals surface area contributed by atoms with Gasteiger partial charge in [-0.15, -0.1) is 0 Å². The van der Waals surface area contributed by atoms with E-state index < -0.39 is 0 Å². The molecule has 1 N–H and O–H groups in total. The summed E-state index contributed by atoms with van der Waals surface area (Å²) in [4.78, 5) is 24.2. The number of hydrogen-bond donors (Lipinski definition) is 1. The summed E-state index contributed by atoms with van der Waals surface area (Å²) in [6.07, 6.45) is 1.43. The fraction of sp³-hybridized carbons (Fsp3) is 0.393. The van der Waals surface area contributed by atoms with Gasteiger partial charge in [0, 0.05) is 48.4 Å². The minimum atomic E-state index is 0.109. The molecule has 8 heteroatoms. The highest BCUT2D eigenvalue weighted by Crippen LogP contribution is 2.31. The molecule has 2 aromatic carbocycles. The molecule has 0 radical (unpaired) electrons. The minimum absolute atomic E-state index is 0.109. The van der Waals surface area contributed by atoms with Crippen molar-refractivity contribution in [3.8, 4) is 17.1 Å². The number of ether oxygens (including phenoxy) is 3. The van der Waals surface area contributed by atoms with Gasteiger partial charge in [0.25, 0.3) is 0 Å². The Kier molecular flexibility index (Phi) is 7.85. The number of fused-ring (bicyclic) bond motifs is 1. The minimum Gasteiger partial charge on any atom is -0.494 e. The number of hydrogen-bond acceptors (Lipinski definition) is 8. The van der Waals surface area contributed by atoms with Crippen molar-refractivity contribution >= 4 is 17.3 Å². The van der Waals surface area contributed by atoms with Gasteiger partial charge in [-0.2, -0.15) is 0 Å². The quantitative estimate of drug-likeness (QED) is 0.327. The lowest BCUT2D eigenvalue weighted by molar-refractivity contribution is 0.0358. The second-order valence-corrected chi connectivity index (χ2v) is 8.98. The molecule has 1 aromatic heterocycles. The Morgan fingerprint density at radius 3 is 2.78 bits per heavy atom. The van der Waals surface area contributed by atoms with E-state index in [0.717, 1.165) is 67.5 Å². The SMILES string of the molecule is CCC(=O)c1cccc(Nc2nc(-c3cccc(OCCCN4CCOCC4)c3)nc3c2COC3)c1. The van der Waals surface area contributed by atoms with Gasteiger partial charge >= 0.3 is 0 Å². The molecule has 2 aliphatic heterocycles. The van der Waals surface area contributed by atoms with Crippen molar-refractivity contribution in [2.45, 2.75) is 33.0 Å². The van der Waals surface area contributed by atoms with Crippen molar-refractivity contribution < 1.29 is 19.0 Å². The van der Waals surface area contributed by atoms with E-state index >= 15 is 0 Å². The largest absolute Gasteiger partial charge is 0.494 e. The molecule has 0 atom stereocenters. The van der Waals surface area contributed by atoms with Crippen LogP contribution in [-0.2, 0) is 22.7 Å². The summed E-state index contributed by atoms with van der Waals surface area (Å²) in [6.45, 7) is 8.04. The predicted molar refractivity (Wildman–Crippen MR) is 138 cm³/mol. The number of aromatic nitrogens is 2. The van der Waals surface area contributed by atoms with Crippen LogP contribution >= 0.6 is 0 Å². The number of anilines is 2. The van der Waals surface area contributed by atoms with Gasteiger partial charge in [0.15, 0.2) is 11.6 Å². The number of carbonyl (C=O) groups excluding carboxylic acids is 1. The van der Waals surface area contributed by atoms with E-state index in [4.69, 9.17) is 24.2 Å². The van der Waals surface area contributed by atoms with Crippen LogP contribution in [-0.4, -0.2) is 60.1 Å². The van der Waals surface area contributed by atoms with Crippen LogP contribution in [0.15, 0.2) is 48.5 Å². The molecule has 0 bridgehead atoms. The number of morpholine rings is 1. The first-order valence-electron chi connectivity index (χ1n) is 12.6. The van der Waals surface area contributed by atoms with Gasteiger partial charge in [0.2, 0.25) is 0 Å². The average Bonchev–Trinajstić information content (AvgIpc) is 3.41. The van der Waals surface area contributed by atoms with Crippen molar-refractivity contribution in [1.29, 1.82) is 0 Å². The summed E-state index contributed by atoms with van der Waals surface area (Å²) in [5, 5.41) is 3.39. The van der Waals surface area contributed by atoms with Gasteiger partial charge in [-0.25, -0.2) is 9.97 Å². The van der Waals surface area contributed by atoms with Crippen LogP contribution in [0, 0.1) is 0 Å². The zero-order valence-corrected chi connectivity index (χ0v) is 20.7. The number of ketones is 1. The van der Waals surface area contributed by atoms with Gasteiger partial charge in [0.05, 0.1) is 38.7 Å². The summed E-state index contributed by atoms with van der Waals surface area (Å²) in [7, 11) is 0. The van der Waals surface area contributed by atoms with Gasteiger partial charge < -0.3 is 19.5 Å². The molecule has 5 rings (SSSR count). The molecule has 1 fully saturated rings. The Labute approximate surface area is 211 Å². The predicted octanol–water partition coefficient (Wildman–Crippen LogP) is 4.61. The first kappa shape index (κ1) is 24.4. The monoisotopic (exact) mass is 488 g/mol. The van der Waals surface area contributed by atoms with E-state index in [0.29, 0.717) is 43.4 Å². The zero-order valence-electron chi connectivity index (χ0n) is 20.7. The second-order valence-electron chi connectivity index (χ2n) is 8.98. The van der Waals surface area contributed by atoms with E-state index in [1.54, 1.807) is 0 Å². The molecule has 1 saturated heterocycles. The molecule has 0 unspecified atom stereocenters. The Morgan fingerprint density at radius 1 is 1.06 bits per heavy atom. The third kappa shape index (κ3) is 5.90. The van der Waals surface area contributed by atoms with Crippen molar-refractivity contribution in [3.05, 3.63) is 65.4 Å². The van der Waals surface area contributed by atoms with E-state index in [-0.39, 0.29) is 5.78 Å². The highest BCUT2D eigenvalue weighted by atomic mass is 16.5. The van der Waals surface area contributed by atoms with Crippen LogP contribution in [0.2, 0.25) is 0 Å². The fourth-order valence-corrected chi connectivity index (χ4v) is 4.42. The summed E-state index contributed by atoms with van der Waals surface area (Å²) >= 11 is 0. The van der Waals surface area contributed by atoms with Gasteiger partial charge in [-0.1, -0.05) is 31.2 Å². The third-order valence-corrected chi connectivity index (χ3v) is 6.43. The highest BCUT2D eigenvalue weighted by Gasteiger charge is 2.21. The molecule has 36 heavy (non-hydrogen) atoms. The summed E-state index contributed by atoms with van der Waals surface area (Å²) in [6, 6.07) is 15.4. The first-order chi connectivity index (χ1) is 17.7. The van der Waals surface area contributed by atoms with E-state index in [1.807, 2.05) is 55.5 Å². The number of nitrogens with one attached hydrogen (secondary N) is 1. The van der Waals surface area contributed by atoms with Gasteiger partial charge in [-0.05, 0) is 30.7 Å². The van der Waals surface area contributed by atoms with Crippen LogP contribution in [0.1, 0.15) is 41.4 Å². The summed E-state index contributed by atoms with van der Waals surface area (Å²) in [5.41, 5.74) is 4.20. The Bertz CT molecular complexity index is 1210. The topological polar surface area (TPSA) is 85.8 Å². The number of benzene rings is 2. The van der Waals surface area contributed by atoms with Crippen molar-refractivity contribution in [3.63, 3.8) is 0 Å². The fourth-order valence-electron chi connectivity index (χ4n) is 4.42. The molecule has 8 nitrogen and oxygen atoms in total. The molecular formula is C28H32N4O4. The Hall–Kier alpha value is -3.33. The molecule has 2 aliphatic rings. The maximum Gasteiger partial charge on any atom is 0.162 e. The highest BCUT2D eigenvalue weighted by molar-refractivity contribution is 5.96. The molecule has 3 heterocycles. The van der Waals surface area contributed by atoms with Crippen LogP contribution in [0.4, 0.5) is 11.5 Å². The number of nitrogens with zero attached hydrogens (tertiary/aromatic N) is 3. The van der Waals surface area contributed by atoms with Crippen molar-refractivity contribution in [1.82, 2.24) is 14.9 Å². The molecule has 188 valence electrons. The normalized spacial score (nSPS) is 15.5. The number of carbonyl (C=O) groups is 1. The molecular weight excluding hydrogens is 456 g/mol. The maximum absolute atomic E-state index is 12.2. The lowest BCUT2D eigenvalue weighted by atomic mass is 10.1. The van der Waals surface area contributed by atoms with Crippen LogP contribution in [0.3, 0.4) is 0 Å². The van der Waals surface area contributed by atoms with Crippen LogP contribution < -0.4 is 10.1 Å². The lowest BCUT2D eigenvalue weighted by Crippen LogP contribution is -2.37. The Balaban J connectivity index is 1.31. The Morgan fingerprint density at radius 2 is 1.92 bits per heavy atom. The van der Waals surface area contributed by atoms with Gasteiger partial charge in [-0.3, -0.25) is 9.69 Å². The van der Waals surface area contributed by atoms with Gasteiger partial charge in [0.1, 0.15) is 11.6 Å². The summed E-state index contributed by atoms with van der Waals surface area (Å²) in [5.74, 6) is 2.22. The average molecular weight is 489 g/mol. The molecule has 0 spiro atoms. The number of Topliss-reactive ketones (excluding diaryl/α,β-unsaturated/α-hetero) is 1. The van der Waals surface area contributed by atoms with E-state index in [9.17, 15) is 4.79 Å². The van der Waals surface area contributed by atoms with E-state index in [2.05, 4.69) is 10.2 Å².